The maximum absolute atomic E-state index is 6.21. The first-order valence-corrected chi connectivity index (χ1v) is 18.4. The summed E-state index contributed by atoms with van der Waals surface area (Å²) in [6.07, 6.45) is 0. The van der Waals surface area contributed by atoms with E-state index in [9.17, 15) is 0 Å². The van der Waals surface area contributed by atoms with E-state index in [1.807, 2.05) is 18.2 Å². The van der Waals surface area contributed by atoms with Gasteiger partial charge < -0.3 is 9.32 Å². The third kappa shape index (κ3) is 5.81. The summed E-state index contributed by atoms with van der Waals surface area (Å²) in [5.74, 6) is 0.874. The molecule has 0 aliphatic carbocycles. The molecule has 0 bridgehead atoms. The van der Waals surface area contributed by atoms with Gasteiger partial charge in [-0.05, 0) is 110 Å². The molecule has 10 rings (SSSR count). The molecule has 0 aliphatic heterocycles. The van der Waals surface area contributed by atoms with Crippen LogP contribution in [0.3, 0.4) is 0 Å². The van der Waals surface area contributed by atoms with Crippen LogP contribution >= 0.6 is 0 Å². The minimum Gasteiger partial charge on any atom is -0.456 e. The summed E-state index contributed by atoms with van der Waals surface area (Å²) in [6, 6.07) is 75.9. The number of hydrogen-bond acceptors (Lipinski definition) is 2. The highest BCUT2D eigenvalue weighted by Crippen LogP contribution is 2.40. The van der Waals surface area contributed by atoms with Crippen LogP contribution in [-0.4, -0.2) is 0 Å². The van der Waals surface area contributed by atoms with Crippen molar-refractivity contribution in [2.45, 2.75) is 0 Å². The Bertz CT molecular complexity index is 2890. The number of fused-ring (bicyclic) bond motifs is 3. The second-order valence-corrected chi connectivity index (χ2v) is 13.8. The van der Waals surface area contributed by atoms with E-state index in [1.54, 1.807) is 0 Å². The van der Waals surface area contributed by atoms with Crippen LogP contribution in [0.1, 0.15) is 0 Å². The first-order chi connectivity index (χ1) is 26.7. The molecule has 0 fully saturated rings. The fourth-order valence-corrected chi connectivity index (χ4v) is 7.78. The zero-order chi connectivity index (χ0) is 35.8. The standard InChI is InChI=1S/C52H35NO/c1-4-20-47-37(11-1)14-9-22-49(47)39-27-31-45(32-28-39)53(46-19-8-17-41(34-46)50-23-10-15-38-12-2-5-21-48(38)50)44-29-25-36(26-30-44)40-16-7-18-42(33-40)52-35-43-13-3-6-24-51(43)54-52/h1-35H. The molecule has 1 heterocycles. The van der Waals surface area contributed by atoms with Crippen molar-refractivity contribution in [1.29, 1.82) is 0 Å². The molecule has 0 aliphatic rings. The summed E-state index contributed by atoms with van der Waals surface area (Å²) in [4.78, 5) is 2.36. The van der Waals surface area contributed by atoms with Crippen LogP contribution in [0.4, 0.5) is 17.1 Å². The van der Waals surface area contributed by atoms with Gasteiger partial charge in [0.1, 0.15) is 11.3 Å². The molecule has 54 heavy (non-hydrogen) atoms. The van der Waals surface area contributed by atoms with Gasteiger partial charge >= 0.3 is 0 Å². The molecule has 0 saturated carbocycles. The first kappa shape index (κ1) is 31.6. The average molecular weight is 690 g/mol. The number of hydrogen-bond donors (Lipinski definition) is 0. The number of furan rings is 1. The molecular weight excluding hydrogens is 655 g/mol. The molecule has 0 amide bonds. The van der Waals surface area contributed by atoms with Crippen LogP contribution in [0.2, 0.25) is 0 Å². The maximum Gasteiger partial charge on any atom is 0.135 e. The molecule has 254 valence electrons. The average Bonchev–Trinajstić information content (AvgIpc) is 3.69. The highest BCUT2D eigenvalue weighted by molar-refractivity contribution is 5.98. The van der Waals surface area contributed by atoms with E-state index in [-0.39, 0.29) is 0 Å². The van der Waals surface area contributed by atoms with Crippen LogP contribution in [0.15, 0.2) is 217 Å². The molecule has 0 saturated heterocycles. The molecule has 9 aromatic carbocycles. The topological polar surface area (TPSA) is 16.4 Å². The smallest absolute Gasteiger partial charge is 0.135 e. The maximum atomic E-state index is 6.21. The Morgan fingerprint density at radius 3 is 1.50 bits per heavy atom. The van der Waals surface area contributed by atoms with Gasteiger partial charge in [-0.15, -0.1) is 0 Å². The lowest BCUT2D eigenvalue weighted by molar-refractivity contribution is 0.631. The quantitative estimate of drug-likeness (QED) is 0.166. The molecule has 0 spiro atoms. The van der Waals surface area contributed by atoms with Crippen molar-refractivity contribution >= 4 is 49.6 Å². The third-order valence-electron chi connectivity index (χ3n) is 10.5. The Labute approximate surface area is 314 Å². The lowest BCUT2D eigenvalue weighted by Gasteiger charge is -2.26. The Hall–Kier alpha value is -7.16. The Morgan fingerprint density at radius 1 is 0.296 bits per heavy atom. The summed E-state index contributed by atoms with van der Waals surface area (Å²) in [7, 11) is 0. The zero-order valence-corrected chi connectivity index (χ0v) is 29.6. The van der Waals surface area contributed by atoms with E-state index in [4.69, 9.17) is 4.42 Å². The predicted octanol–water partition coefficient (Wildman–Crippen LogP) is 14.9. The number of rotatable bonds is 7. The van der Waals surface area contributed by atoms with Gasteiger partial charge in [-0.1, -0.05) is 158 Å². The van der Waals surface area contributed by atoms with Crippen molar-refractivity contribution in [2.24, 2.45) is 0 Å². The van der Waals surface area contributed by atoms with Gasteiger partial charge in [-0.25, -0.2) is 0 Å². The lowest BCUT2D eigenvalue weighted by Crippen LogP contribution is -2.10. The highest BCUT2D eigenvalue weighted by atomic mass is 16.3. The first-order valence-electron chi connectivity index (χ1n) is 18.4. The molecule has 2 heteroatoms. The number of para-hydroxylation sites is 1. The van der Waals surface area contributed by atoms with Crippen LogP contribution < -0.4 is 4.90 Å². The normalized spacial score (nSPS) is 11.3. The lowest BCUT2D eigenvalue weighted by atomic mass is 9.97. The minimum absolute atomic E-state index is 0.874. The van der Waals surface area contributed by atoms with E-state index in [0.717, 1.165) is 50.5 Å². The van der Waals surface area contributed by atoms with Gasteiger partial charge in [0, 0.05) is 28.0 Å². The van der Waals surface area contributed by atoms with Gasteiger partial charge in [-0.3, -0.25) is 0 Å². The van der Waals surface area contributed by atoms with Gasteiger partial charge in [0.05, 0.1) is 0 Å². The number of benzene rings is 9. The summed E-state index contributed by atoms with van der Waals surface area (Å²) in [5, 5.41) is 6.09. The molecule has 0 radical (unpaired) electrons. The van der Waals surface area contributed by atoms with Gasteiger partial charge in [0.25, 0.3) is 0 Å². The van der Waals surface area contributed by atoms with E-state index in [2.05, 4.69) is 199 Å². The summed E-state index contributed by atoms with van der Waals surface area (Å²) >= 11 is 0. The molecule has 0 atom stereocenters. The molecule has 10 aromatic rings. The minimum atomic E-state index is 0.874. The van der Waals surface area contributed by atoms with E-state index in [0.29, 0.717) is 0 Å². The molecular formula is C52H35NO. The van der Waals surface area contributed by atoms with E-state index in [1.165, 1.54) is 43.8 Å². The molecule has 0 unspecified atom stereocenters. The van der Waals surface area contributed by atoms with Crippen molar-refractivity contribution in [3.05, 3.63) is 212 Å². The fraction of sp³-hybridized carbons (Fsp3) is 0. The SMILES string of the molecule is c1cc(-c2ccc(N(c3ccc(-c4cccc5ccccc45)cc3)c3cccc(-c4cccc5ccccc45)c3)cc2)cc(-c2cc3ccccc3o2)c1. The van der Waals surface area contributed by atoms with E-state index >= 15 is 0 Å². The van der Waals surface area contributed by atoms with Gasteiger partial charge in [0.2, 0.25) is 0 Å². The largest absolute Gasteiger partial charge is 0.456 e. The monoisotopic (exact) mass is 689 g/mol. The van der Waals surface area contributed by atoms with Crippen LogP contribution in [0, 0.1) is 0 Å². The molecule has 1 aromatic heterocycles. The Kier molecular flexibility index (Phi) is 7.85. The van der Waals surface area contributed by atoms with Crippen molar-refractivity contribution < 1.29 is 4.42 Å². The van der Waals surface area contributed by atoms with Crippen molar-refractivity contribution in [1.82, 2.24) is 0 Å². The Morgan fingerprint density at radius 2 is 0.815 bits per heavy atom. The molecule has 2 nitrogen and oxygen atoms in total. The van der Waals surface area contributed by atoms with Crippen molar-refractivity contribution in [3.8, 4) is 44.7 Å². The van der Waals surface area contributed by atoms with Gasteiger partial charge in [-0.2, -0.15) is 0 Å². The summed E-state index contributed by atoms with van der Waals surface area (Å²) in [6.45, 7) is 0. The number of anilines is 3. The zero-order valence-electron chi connectivity index (χ0n) is 29.6. The van der Waals surface area contributed by atoms with Crippen LogP contribution in [0.25, 0.3) is 77.2 Å². The summed E-state index contributed by atoms with van der Waals surface area (Å²) < 4.78 is 6.21. The highest BCUT2D eigenvalue weighted by Gasteiger charge is 2.16. The van der Waals surface area contributed by atoms with Crippen LogP contribution in [0.5, 0.6) is 0 Å². The Balaban J connectivity index is 1.05. The van der Waals surface area contributed by atoms with Crippen LogP contribution in [-0.2, 0) is 0 Å². The fourth-order valence-electron chi connectivity index (χ4n) is 7.78. The number of nitrogens with zero attached hydrogens (tertiary/aromatic N) is 1. The van der Waals surface area contributed by atoms with Crippen molar-refractivity contribution in [3.63, 3.8) is 0 Å². The predicted molar refractivity (Wildman–Crippen MR) is 228 cm³/mol. The van der Waals surface area contributed by atoms with Crippen molar-refractivity contribution in [2.75, 3.05) is 4.90 Å². The summed E-state index contributed by atoms with van der Waals surface area (Å²) in [5.41, 5.74) is 12.4. The second kappa shape index (κ2) is 13.4. The second-order valence-electron chi connectivity index (χ2n) is 13.8. The van der Waals surface area contributed by atoms with E-state index < -0.39 is 0 Å². The van der Waals surface area contributed by atoms with Gasteiger partial charge in [0.15, 0.2) is 0 Å². The molecule has 0 N–H and O–H groups in total. The third-order valence-corrected chi connectivity index (χ3v) is 10.5.